The van der Waals surface area contributed by atoms with Crippen molar-refractivity contribution in [2.24, 2.45) is 0 Å². The summed E-state index contributed by atoms with van der Waals surface area (Å²) in [6.45, 7) is 14.3. The second-order valence-corrected chi connectivity index (χ2v) is 35.5. The van der Waals surface area contributed by atoms with Crippen LogP contribution >= 0.6 is 0 Å². The number of halogens is 2. The Labute approximate surface area is 493 Å². The predicted molar refractivity (Wildman–Crippen MR) is 354 cm³/mol. The summed E-state index contributed by atoms with van der Waals surface area (Å²) in [6.07, 6.45) is 0. The molecule has 0 saturated heterocycles. The monoisotopic (exact) mass is 1130 g/mol. The lowest BCUT2D eigenvalue weighted by molar-refractivity contribution is 0.584. The third-order valence-electron chi connectivity index (χ3n) is 18.7. The van der Waals surface area contributed by atoms with E-state index in [1.165, 1.54) is 77.8 Å². The highest BCUT2D eigenvalue weighted by atomic mass is 28.3. The Bertz CT molecular complexity index is 4970. The summed E-state index contributed by atoms with van der Waals surface area (Å²) in [5, 5.41) is 8.38. The largest absolute Gasteiger partial charge is 0.451 e. The molecule has 2 aromatic heterocycles. The minimum absolute atomic E-state index is 0.243. The fraction of sp³-hybridized carbons (Fsp3) is 0.0909. The van der Waals surface area contributed by atoms with E-state index < -0.39 is 33.2 Å². The Hall–Kier alpha value is -9.61. The number of anilines is 6. The average molecular weight is 1140 g/mol. The van der Waals surface area contributed by atoms with Crippen LogP contribution in [-0.2, 0) is 5.41 Å². The molecule has 4 nitrogen and oxygen atoms in total. The molecule has 3 aliphatic carbocycles. The van der Waals surface area contributed by atoms with Crippen LogP contribution in [0.5, 0.6) is 0 Å². The van der Waals surface area contributed by atoms with Gasteiger partial charge in [-0.2, -0.15) is 0 Å². The van der Waals surface area contributed by atoms with E-state index in [9.17, 15) is 0 Å². The van der Waals surface area contributed by atoms with Crippen LogP contribution in [0.1, 0.15) is 22.3 Å². The summed E-state index contributed by atoms with van der Waals surface area (Å²) in [5.41, 5.74) is 20.7. The second-order valence-electron chi connectivity index (χ2n) is 25.4. The van der Waals surface area contributed by atoms with E-state index in [1.54, 1.807) is 12.1 Å². The number of benzene rings is 12. The highest BCUT2D eigenvalue weighted by Gasteiger charge is 2.53. The van der Waals surface area contributed by atoms with E-state index in [-0.39, 0.29) is 11.2 Å². The topological polar surface area (TPSA) is 32.8 Å². The van der Waals surface area contributed by atoms with Crippen molar-refractivity contribution < 1.29 is 17.6 Å². The molecular weight excluding hydrogens is 1080 g/mol. The highest BCUT2D eigenvalue weighted by molar-refractivity contribution is 6.89. The van der Waals surface area contributed by atoms with Crippen molar-refractivity contribution >= 4 is 115 Å². The summed E-state index contributed by atoms with van der Waals surface area (Å²) in [7, 11) is -3.40. The number of nitrogens with zero attached hydrogens (tertiary/aromatic N) is 2. The van der Waals surface area contributed by atoms with E-state index in [1.807, 2.05) is 24.3 Å². The first-order valence-electron chi connectivity index (χ1n) is 29.4. The lowest BCUT2D eigenvalue weighted by atomic mass is 9.70. The molecule has 0 atom stereocenters. The van der Waals surface area contributed by atoms with Crippen LogP contribution in [0.3, 0.4) is 0 Å². The van der Waals surface area contributed by atoms with Crippen LogP contribution in [0.4, 0.5) is 42.9 Å². The number of para-hydroxylation sites is 4. The van der Waals surface area contributed by atoms with Crippen molar-refractivity contribution in [3.8, 4) is 44.5 Å². The SMILES string of the molecule is C[Si](C)(C)c1ccc(N(c2ccc3c(c2)C2(c4cc(N(c5ccc([Si](C)(C)C)cc5)c5cccc6c5oc5c(F)cccc56)ccc4-3)c3ccccc3-c3c2cc2c4c(cccc34)-c3ccccc3-2)c2cccc3c2oc2c(F)cccc23)cc1. The predicted octanol–water partition coefficient (Wildman–Crippen LogP) is 20.9. The van der Waals surface area contributed by atoms with Crippen molar-refractivity contribution in [1.82, 2.24) is 0 Å². The third-order valence-corrected chi connectivity index (χ3v) is 22.8. The molecule has 0 unspecified atom stereocenters. The third kappa shape index (κ3) is 6.98. The molecule has 408 valence electrons. The van der Waals surface area contributed by atoms with Gasteiger partial charge in [-0.1, -0.05) is 201 Å². The van der Waals surface area contributed by atoms with Gasteiger partial charge in [0.25, 0.3) is 0 Å². The summed E-state index contributed by atoms with van der Waals surface area (Å²) in [4.78, 5) is 4.62. The molecule has 14 aromatic rings. The zero-order valence-electron chi connectivity index (χ0n) is 47.9. The maximum Gasteiger partial charge on any atom is 0.171 e. The molecule has 2 heterocycles. The molecule has 3 aliphatic rings. The fourth-order valence-corrected chi connectivity index (χ4v) is 17.1. The van der Waals surface area contributed by atoms with E-state index >= 15 is 8.78 Å². The molecule has 0 saturated carbocycles. The van der Waals surface area contributed by atoms with Crippen molar-refractivity contribution in [1.29, 1.82) is 0 Å². The van der Waals surface area contributed by atoms with Gasteiger partial charge in [0, 0.05) is 44.3 Å². The summed E-state index contributed by atoms with van der Waals surface area (Å²) >= 11 is 0. The Morgan fingerprint density at radius 1 is 0.318 bits per heavy atom. The van der Waals surface area contributed by atoms with Gasteiger partial charge in [0.15, 0.2) is 34.0 Å². The van der Waals surface area contributed by atoms with E-state index in [4.69, 9.17) is 8.83 Å². The molecule has 85 heavy (non-hydrogen) atoms. The Morgan fingerprint density at radius 2 is 0.729 bits per heavy atom. The highest BCUT2D eigenvalue weighted by Crippen LogP contribution is 2.67. The molecule has 0 radical (unpaired) electrons. The molecule has 0 amide bonds. The van der Waals surface area contributed by atoms with Gasteiger partial charge in [0.05, 0.1) is 32.9 Å². The minimum atomic E-state index is -1.70. The van der Waals surface area contributed by atoms with Gasteiger partial charge in [-0.25, -0.2) is 8.78 Å². The summed E-state index contributed by atoms with van der Waals surface area (Å²) in [6, 6.07) is 82.1. The summed E-state index contributed by atoms with van der Waals surface area (Å²) in [5.74, 6) is -0.784. The zero-order chi connectivity index (χ0) is 57.4. The van der Waals surface area contributed by atoms with Crippen molar-refractivity contribution in [3.05, 3.63) is 264 Å². The van der Waals surface area contributed by atoms with Crippen LogP contribution < -0.4 is 20.2 Å². The van der Waals surface area contributed by atoms with Crippen LogP contribution in [-0.4, -0.2) is 16.1 Å². The summed E-state index contributed by atoms with van der Waals surface area (Å²) < 4.78 is 45.0. The fourth-order valence-electron chi connectivity index (χ4n) is 14.8. The molecule has 0 bridgehead atoms. The smallest absolute Gasteiger partial charge is 0.171 e. The van der Waals surface area contributed by atoms with Gasteiger partial charge in [0.1, 0.15) is 0 Å². The number of rotatable bonds is 8. The number of furan rings is 2. The van der Waals surface area contributed by atoms with Gasteiger partial charge in [-0.3, -0.25) is 0 Å². The maximum absolute atomic E-state index is 15.8. The molecular formula is C77H56F2N2O2Si2. The average Bonchev–Trinajstić information content (AvgIpc) is 1.59. The first kappa shape index (κ1) is 50.0. The normalized spacial score (nSPS) is 13.5. The van der Waals surface area contributed by atoms with Crippen molar-refractivity contribution in [3.63, 3.8) is 0 Å². The van der Waals surface area contributed by atoms with Crippen LogP contribution in [0.15, 0.2) is 239 Å². The Balaban J connectivity index is 0.971. The van der Waals surface area contributed by atoms with Gasteiger partial charge in [-0.05, 0) is 156 Å². The lowest BCUT2D eigenvalue weighted by Crippen LogP contribution is -2.37. The van der Waals surface area contributed by atoms with Gasteiger partial charge in [0.2, 0.25) is 0 Å². The Morgan fingerprint density at radius 3 is 1.24 bits per heavy atom. The lowest BCUT2D eigenvalue weighted by Gasteiger charge is -2.33. The molecule has 0 aliphatic heterocycles. The Kier molecular flexibility index (Phi) is 10.4. The molecule has 0 N–H and O–H groups in total. The molecule has 8 heteroatoms. The molecule has 0 fully saturated rings. The van der Waals surface area contributed by atoms with Gasteiger partial charge >= 0.3 is 0 Å². The van der Waals surface area contributed by atoms with Crippen LogP contribution in [0, 0.1) is 11.6 Å². The van der Waals surface area contributed by atoms with Crippen LogP contribution in [0.25, 0.3) is 99.2 Å². The van der Waals surface area contributed by atoms with Crippen molar-refractivity contribution in [2.75, 3.05) is 9.80 Å². The zero-order valence-corrected chi connectivity index (χ0v) is 49.9. The first-order valence-corrected chi connectivity index (χ1v) is 36.4. The number of hydrogen-bond acceptors (Lipinski definition) is 4. The molecule has 1 spiro atoms. The van der Waals surface area contributed by atoms with Gasteiger partial charge < -0.3 is 18.6 Å². The van der Waals surface area contributed by atoms with Crippen molar-refractivity contribution in [2.45, 2.75) is 44.7 Å². The molecule has 17 rings (SSSR count). The van der Waals surface area contributed by atoms with Crippen LogP contribution in [0.2, 0.25) is 39.3 Å². The molecule has 12 aromatic carbocycles. The standard InChI is InChI=1S/C77H56F2N2O2Si2/c1-84(2,3)49-36-30-45(31-37-49)80(69-28-14-22-58-56-20-12-26-67(78)73(56)82-75(58)69)47-34-40-53-54-41-35-48(81(46-32-38-50(39-33-46)85(4,5)6)70-29-15-23-59-57-21-13-27-68(79)74(57)83-76(59)70)43-65(54)77(64(53)42-47)63-25-10-9-18-60(63)72-61-24-11-19-55-51-16-7-8-17-52(51)62(71(55)61)44-66(72)77/h7-44H,1-6H3. The number of hydrogen-bond donors (Lipinski definition) is 0. The second kappa shape index (κ2) is 17.7. The minimum Gasteiger partial charge on any atom is -0.451 e. The van der Waals surface area contributed by atoms with E-state index in [0.717, 1.165) is 77.9 Å². The first-order chi connectivity index (χ1) is 41.3. The van der Waals surface area contributed by atoms with E-state index in [2.05, 4.69) is 231 Å². The number of fused-ring (bicyclic) bond motifs is 20. The maximum atomic E-state index is 15.8. The quantitative estimate of drug-likeness (QED) is 0.142. The van der Waals surface area contributed by atoms with E-state index in [0.29, 0.717) is 11.2 Å². The van der Waals surface area contributed by atoms with Gasteiger partial charge in [-0.15, -0.1) is 0 Å².